The molecule has 21 heavy (non-hydrogen) atoms. The van der Waals surface area contributed by atoms with Crippen LogP contribution >= 0.6 is 0 Å². The van der Waals surface area contributed by atoms with Crippen molar-refractivity contribution in [3.05, 3.63) is 48.0 Å². The summed E-state index contributed by atoms with van der Waals surface area (Å²) in [5.41, 5.74) is 2.01. The van der Waals surface area contributed by atoms with Crippen LogP contribution in [0.15, 0.2) is 42.5 Å². The molecule has 0 fully saturated rings. The first kappa shape index (κ1) is 15.0. The first-order chi connectivity index (χ1) is 10.2. The van der Waals surface area contributed by atoms with Crippen LogP contribution in [0.4, 0.5) is 5.69 Å². The normalized spacial score (nSPS) is 11.6. The van der Waals surface area contributed by atoms with Crippen LogP contribution in [0.3, 0.4) is 0 Å². The summed E-state index contributed by atoms with van der Waals surface area (Å²) in [6, 6.07) is 13.7. The van der Waals surface area contributed by atoms with Gasteiger partial charge < -0.3 is 19.5 Å². The first-order valence-electron chi connectivity index (χ1n) is 6.81. The van der Waals surface area contributed by atoms with Crippen LogP contribution in [0.2, 0.25) is 0 Å². The number of benzene rings is 2. The second-order valence-corrected chi connectivity index (χ2v) is 4.67. The second-order valence-electron chi connectivity index (χ2n) is 4.67. The number of hydrogen-bond donors (Lipinski definition) is 1. The molecule has 1 atom stereocenters. The van der Waals surface area contributed by atoms with Gasteiger partial charge in [-0.2, -0.15) is 0 Å². The minimum absolute atomic E-state index is 0.0714. The van der Waals surface area contributed by atoms with Crippen LogP contribution in [0.5, 0.6) is 17.2 Å². The molecular formula is C17H21NO3. The Balaban J connectivity index is 2.25. The third kappa shape index (κ3) is 3.40. The molecule has 0 aliphatic carbocycles. The number of anilines is 1. The molecule has 0 bridgehead atoms. The molecule has 0 aromatic heterocycles. The number of hydrogen-bond acceptors (Lipinski definition) is 4. The molecule has 0 saturated carbocycles. The molecule has 112 valence electrons. The van der Waals surface area contributed by atoms with Crippen molar-refractivity contribution in [2.24, 2.45) is 0 Å². The lowest BCUT2D eigenvalue weighted by Gasteiger charge is -2.20. The highest BCUT2D eigenvalue weighted by atomic mass is 16.5. The van der Waals surface area contributed by atoms with Gasteiger partial charge in [0, 0.05) is 11.6 Å². The summed E-state index contributed by atoms with van der Waals surface area (Å²) in [7, 11) is 4.97. The summed E-state index contributed by atoms with van der Waals surface area (Å²) in [5, 5.41) is 3.44. The Morgan fingerprint density at radius 2 is 1.57 bits per heavy atom. The van der Waals surface area contributed by atoms with Crippen molar-refractivity contribution in [3.63, 3.8) is 0 Å². The van der Waals surface area contributed by atoms with Crippen molar-refractivity contribution in [1.82, 2.24) is 0 Å². The summed E-state index contributed by atoms with van der Waals surface area (Å²) >= 11 is 0. The fourth-order valence-electron chi connectivity index (χ4n) is 2.25. The number of rotatable bonds is 6. The van der Waals surface area contributed by atoms with E-state index in [1.807, 2.05) is 42.5 Å². The van der Waals surface area contributed by atoms with E-state index in [1.54, 1.807) is 21.3 Å². The zero-order chi connectivity index (χ0) is 15.2. The average Bonchev–Trinajstić information content (AvgIpc) is 2.54. The zero-order valence-electron chi connectivity index (χ0n) is 12.8. The quantitative estimate of drug-likeness (QED) is 0.875. The van der Waals surface area contributed by atoms with Gasteiger partial charge in [-0.05, 0) is 31.2 Å². The third-order valence-electron chi connectivity index (χ3n) is 3.39. The van der Waals surface area contributed by atoms with Gasteiger partial charge in [-0.3, -0.25) is 0 Å². The Labute approximate surface area is 125 Å². The molecule has 0 saturated heterocycles. The van der Waals surface area contributed by atoms with Crippen LogP contribution in [0.25, 0.3) is 0 Å². The molecule has 2 aromatic carbocycles. The lowest BCUT2D eigenvalue weighted by atomic mass is 10.1. The van der Waals surface area contributed by atoms with Gasteiger partial charge >= 0.3 is 0 Å². The molecule has 2 aromatic rings. The van der Waals surface area contributed by atoms with Gasteiger partial charge in [0.2, 0.25) is 0 Å². The van der Waals surface area contributed by atoms with Crippen molar-refractivity contribution in [1.29, 1.82) is 0 Å². The summed E-state index contributed by atoms with van der Waals surface area (Å²) in [6.45, 7) is 2.08. The van der Waals surface area contributed by atoms with E-state index < -0.39 is 0 Å². The van der Waals surface area contributed by atoms with Crippen molar-refractivity contribution in [3.8, 4) is 17.2 Å². The Morgan fingerprint density at radius 1 is 0.857 bits per heavy atom. The molecule has 0 aliphatic heterocycles. The maximum Gasteiger partial charge on any atom is 0.141 e. The summed E-state index contributed by atoms with van der Waals surface area (Å²) in [5.74, 6) is 2.39. The molecule has 0 spiro atoms. The van der Waals surface area contributed by atoms with Crippen LogP contribution in [-0.4, -0.2) is 21.3 Å². The Hall–Kier alpha value is -2.36. The smallest absolute Gasteiger partial charge is 0.141 e. The van der Waals surface area contributed by atoms with Crippen molar-refractivity contribution < 1.29 is 14.2 Å². The highest BCUT2D eigenvalue weighted by Gasteiger charge is 2.14. The molecule has 1 unspecified atom stereocenters. The fourth-order valence-corrected chi connectivity index (χ4v) is 2.25. The molecule has 2 rings (SSSR count). The summed E-state index contributed by atoms with van der Waals surface area (Å²) in [6.07, 6.45) is 0. The molecular weight excluding hydrogens is 266 g/mol. The predicted molar refractivity (Wildman–Crippen MR) is 84.6 cm³/mol. The number of para-hydroxylation sites is 2. The average molecular weight is 287 g/mol. The molecule has 0 aliphatic rings. The highest BCUT2D eigenvalue weighted by molar-refractivity contribution is 5.58. The van der Waals surface area contributed by atoms with E-state index >= 15 is 0 Å². The zero-order valence-corrected chi connectivity index (χ0v) is 12.8. The van der Waals surface area contributed by atoms with E-state index in [9.17, 15) is 0 Å². The molecule has 4 nitrogen and oxygen atoms in total. The largest absolute Gasteiger partial charge is 0.497 e. The number of methoxy groups -OCH3 is 3. The lowest BCUT2D eigenvalue weighted by molar-refractivity contribution is 0.389. The molecule has 1 N–H and O–H groups in total. The molecule has 0 amide bonds. The monoisotopic (exact) mass is 287 g/mol. The minimum atomic E-state index is 0.0714. The second kappa shape index (κ2) is 6.88. The van der Waals surface area contributed by atoms with Gasteiger partial charge in [-0.15, -0.1) is 0 Å². The minimum Gasteiger partial charge on any atom is -0.497 e. The summed E-state index contributed by atoms with van der Waals surface area (Å²) < 4.78 is 16.0. The predicted octanol–water partition coefficient (Wildman–Crippen LogP) is 3.89. The van der Waals surface area contributed by atoms with Gasteiger partial charge in [0.05, 0.1) is 33.1 Å². The van der Waals surface area contributed by atoms with Crippen LogP contribution in [0.1, 0.15) is 18.5 Å². The van der Waals surface area contributed by atoms with Crippen LogP contribution < -0.4 is 19.5 Å². The molecule has 0 heterocycles. The topological polar surface area (TPSA) is 39.7 Å². The first-order valence-corrected chi connectivity index (χ1v) is 6.81. The van der Waals surface area contributed by atoms with Gasteiger partial charge in [0.25, 0.3) is 0 Å². The van der Waals surface area contributed by atoms with E-state index in [4.69, 9.17) is 14.2 Å². The van der Waals surface area contributed by atoms with Gasteiger partial charge in [0.1, 0.15) is 17.2 Å². The standard InChI is InChI=1S/C17H21NO3/c1-12(18-15-7-5-6-8-16(15)20-3)14-10-9-13(19-2)11-17(14)21-4/h5-12,18H,1-4H3. The number of ether oxygens (including phenoxy) is 3. The molecule has 0 radical (unpaired) electrons. The Kier molecular flexibility index (Phi) is 4.93. The maximum absolute atomic E-state index is 5.45. The SMILES string of the molecule is COc1ccc(C(C)Nc2ccccc2OC)c(OC)c1. The van der Waals surface area contributed by atoms with Crippen molar-refractivity contribution in [2.75, 3.05) is 26.6 Å². The maximum atomic E-state index is 5.45. The van der Waals surface area contributed by atoms with Gasteiger partial charge in [-0.1, -0.05) is 12.1 Å². The summed E-state index contributed by atoms with van der Waals surface area (Å²) in [4.78, 5) is 0. The third-order valence-corrected chi connectivity index (χ3v) is 3.39. The fraction of sp³-hybridized carbons (Fsp3) is 0.294. The van der Waals surface area contributed by atoms with Gasteiger partial charge in [0.15, 0.2) is 0 Å². The van der Waals surface area contributed by atoms with E-state index in [0.29, 0.717) is 0 Å². The van der Waals surface area contributed by atoms with E-state index in [1.165, 1.54) is 0 Å². The number of nitrogens with one attached hydrogen (secondary N) is 1. The van der Waals surface area contributed by atoms with E-state index in [-0.39, 0.29) is 6.04 Å². The highest BCUT2D eigenvalue weighted by Crippen LogP contribution is 2.33. The Morgan fingerprint density at radius 3 is 2.24 bits per heavy atom. The molecule has 4 heteroatoms. The van der Waals surface area contributed by atoms with E-state index in [2.05, 4.69) is 12.2 Å². The van der Waals surface area contributed by atoms with Crippen LogP contribution in [-0.2, 0) is 0 Å². The van der Waals surface area contributed by atoms with Crippen molar-refractivity contribution in [2.45, 2.75) is 13.0 Å². The van der Waals surface area contributed by atoms with Gasteiger partial charge in [-0.25, -0.2) is 0 Å². The van der Waals surface area contributed by atoms with Crippen LogP contribution in [0, 0.1) is 0 Å². The lowest BCUT2D eigenvalue weighted by Crippen LogP contribution is -2.09. The van der Waals surface area contributed by atoms with Crippen molar-refractivity contribution >= 4 is 5.69 Å². The Bertz CT molecular complexity index is 598. The van der Waals surface area contributed by atoms with E-state index in [0.717, 1.165) is 28.5 Å².